The van der Waals surface area contributed by atoms with Crippen LogP contribution in [0.2, 0.25) is 0 Å². The van der Waals surface area contributed by atoms with Crippen LogP contribution in [0.15, 0.2) is 47.8 Å². The number of nitrogens with zero attached hydrogens (tertiary/aromatic N) is 3. The van der Waals surface area contributed by atoms with Gasteiger partial charge in [0, 0.05) is 24.5 Å². The Bertz CT molecular complexity index is 1150. The molecular formula is C22H26N4O3S2. The van der Waals surface area contributed by atoms with Crippen molar-refractivity contribution in [1.29, 1.82) is 0 Å². The molecule has 7 nitrogen and oxygen atoms in total. The summed E-state index contributed by atoms with van der Waals surface area (Å²) in [5, 5.41) is 9.38. The van der Waals surface area contributed by atoms with Gasteiger partial charge in [-0.25, -0.2) is 8.42 Å². The third-order valence-corrected chi connectivity index (χ3v) is 8.19. The molecule has 0 radical (unpaired) electrons. The van der Waals surface area contributed by atoms with Crippen molar-refractivity contribution >= 4 is 38.5 Å². The van der Waals surface area contributed by atoms with Gasteiger partial charge >= 0.3 is 0 Å². The minimum absolute atomic E-state index is 0.0565. The summed E-state index contributed by atoms with van der Waals surface area (Å²) < 4.78 is 25.7. The maximum Gasteiger partial charge on any atom is 0.276 e. The van der Waals surface area contributed by atoms with Gasteiger partial charge in [-0.15, -0.1) is 11.3 Å². The van der Waals surface area contributed by atoms with E-state index in [-0.39, 0.29) is 29.1 Å². The van der Waals surface area contributed by atoms with Crippen LogP contribution in [0.5, 0.6) is 0 Å². The molecule has 0 bridgehead atoms. The van der Waals surface area contributed by atoms with Crippen LogP contribution < -0.4 is 10.2 Å². The van der Waals surface area contributed by atoms with Crippen molar-refractivity contribution in [3.63, 3.8) is 0 Å². The van der Waals surface area contributed by atoms with Crippen molar-refractivity contribution in [2.75, 3.05) is 34.8 Å². The smallest absolute Gasteiger partial charge is 0.276 e. The van der Waals surface area contributed by atoms with Crippen molar-refractivity contribution in [1.82, 2.24) is 9.78 Å². The molecule has 1 unspecified atom stereocenters. The maximum absolute atomic E-state index is 12.9. The van der Waals surface area contributed by atoms with Crippen LogP contribution >= 0.6 is 11.3 Å². The van der Waals surface area contributed by atoms with E-state index in [9.17, 15) is 13.2 Å². The molecule has 3 aromatic rings. The lowest BCUT2D eigenvalue weighted by atomic mass is 10.2. The zero-order valence-electron chi connectivity index (χ0n) is 17.6. The predicted octanol–water partition coefficient (Wildman–Crippen LogP) is 4.07. The first-order valence-electron chi connectivity index (χ1n) is 10.4. The Kier molecular flexibility index (Phi) is 6.15. The van der Waals surface area contributed by atoms with Crippen LogP contribution in [0.4, 0.5) is 11.4 Å². The van der Waals surface area contributed by atoms with Gasteiger partial charge in [-0.1, -0.05) is 6.07 Å². The second kappa shape index (κ2) is 8.84. The highest BCUT2D eigenvalue weighted by atomic mass is 32.2. The largest absolute Gasteiger partial charge is 0.372 e. The van der Waals surface area contributed by atoms with Gasteiger partial charge in [0.1, 0.15) is 0 Å². The summed E-state index contributed by atoms with van der Waals surface area (Å²) in [5.41, 5.74) is 2.85. The first kappa shape index (κ1) is 21.6. The lowest BCUT2D eigenvalue weighted by Crippen LogP contribution is -2.21. The number of nitrogens with one attached hydrogen (secondary N) is 1. The van der Waals surface area contributed by atoms with Gasteiger partial charge in [-0.2, -0.15) is 5.10 Å². The van der Waals surface area contributed by atoms with E-state index in [1.807, 2.05) is 41.8 Å². The van der Waals surface area contributed by atoms with Crippen LogP contribution in [-0.4, -0.2) is 48.7 Å². The zero-order chi connectivity index (χ0) is 22.0. The number of anilines is 2. The van der Waals surface area contributed by atoms with Crippen molar-refractivity contribution in [3.05, 3.63) is 53.5 Å². The third kappa shape index (κ3) is 4.67. The van der Waals surface area contributed by atoms with E-state index < -0.39 is 9.84 Å². The summed E-state index contributed by atoms with van der Waals surface area (Å²) in [6.07, 6.45) is 0.510. The number of hydrogen-bond donors (Lipinski definition) is 1. The van der Waals surface area contributed by atoms with Crippen molar-refractivity contribution in [3.8, 4) is 10.6 Å². The molecule has 2 aromatic heterocycles. The molecule has 31 heavy (non-hydrogen) atoms. The minimum atomic E-state index is -3.07. The summed E-state index contributed by atoms with van der Waals surface area (Å²) >= 11 is 1.54. The first-order valence-corrected chi connectivity index (χ1v) is 13.1. The van der Waals surface area contributed by atoms with Crippen molar-refractivity contribution in [2.24, 2.45) is 0 Å². The Labute approximate surface area is 186 Å². The molecule has 0 spiro atoms. The van der Waals surface area contributed by atoms with E-state index in [0.29, 0.717) is 12.1 Å². The lowest BCUT2D eigenvalue weighted by molar-refractivity contribution is 0.102. The highest BCUT2D eigenvalue weighted by molar-refractivity contribution is 7.91. The first-order chi connectivity index (χ1) is 14.9. The van der Waals surface area contributed by atoms with Gasteiger partial charge in [0.25, 0.3) is 5.91 Å². The van der Waals surface area contributed by atoms with E-state index in [0.717, 1.165) is 29.3 Å². The SMILES string of the molecule is CCN(CC)c1ccc(NC(=O)c2cc(-c3cccs3)n(C3CCS(=O)(=O)C3)n2)cc1. The second-order valence-corrected chi connectivity index (χ2v) is 10.7. The third-order valence-electron chi connectivity index (χ3n) is 5.55. The van der Waals surface area contributed by atoms with Gasteiger partial charge in [0.15, 0.2) is 15.5 Å². The molecule has 1 atom stereocenters. The van der Waals surface area contributed by atoms with Crippen LogP contribution in [0.25, 0.3) is 10.6 Å². The number of amides is 1. The molecule has 4 rings (SSSR count). The molecule has 1 aliphatic heterocycles. The summed E-state index contributed by atoms with van der Waals surface area (Å²) in [5.74, 6) is -0.101. The van der Waals surface area contributed by atoms with Gasteiger partial charge in [-0.3, -0.25) is 9.48 Å². The highest BCUT2D eigenvalue weighted by Crippen LogP contribution is 2.32. The Balaban J connectivity index is 1.58. The molecule has 1 aromatic carbocycles. The summed E-state index contributed by atoms with van der Waals surface area (Å²) in [7, 11) is -3.07. The summed E-state index contributed by atoms with van der Waals surface area (Å²) in [6, 6.07) is 13.1. The normalized spacial score (nSPS) is 17.5. The lowest BCUT2D eigenvalue weighted by Gasteiger charge is -2.21. The molecule has 0 aliphatic carbocycles. The quantitative estimate of drug-likeness (QED) is 0.577. The number of sulfone groups is 1. The fourth-order valence-electron chi connectivity index (χ4n) is 3.90. The van der Waals surface area contributed by atoms with Crippen molar-refractivity contribution in [2.45, 2.75) is 26.3 Å². The summed E-state index contributed by atoms with van der Waals surface area (Å²) in [6.45, 7) is 6.05. The van der Waals surface area contributed by atoms with Gasteiger partial charge in [0.05, 0.1) is 28.1 Å². The maximum atomic E-state index is 12.9. The Morgan fingerprint density at radius 3 is 2.55 bits per heavy atom. The molecule has 0 saturated carbocycles. The fraction of sp³-hybridized carbons (Fsp3) is 0.364. The Morgan fingerprint density at radius 2 is 1.97 bits per heavy atom. The number of rotatable bonds is 7. The van der Waals surface area contributed by atoms with E-state index in [1.54, 1.807) is 10.7 Å². The van der Waals surface area contributed by atoms with E-state index in [4.69, 9.17) is 0 Å². The van der Waals surface area contributed by atoms with E-state index in [1.165, 1.54) is 11.3 Å². The molecule has 1 N–H and O–H groups in total. The topological polar surface area (TPSA) is 84.3 Å². The monoisotopic (exact) mass is 458 g/mol. The number of benzene rings is 1. The van der Waals surface area contributed by atoms with Crippen LogP contribution in [-0.2, 0) is 9.84 Å². The minimum Gasteiger partial charge on any atom is -0.372 e. The molecule has 9 heteroatoms. The average molecular weight is 459 g/mol. The molecule has 1 fully saturated rings. The number of carbonyl (C=O) groups excluding carboxylic acids is 1. The zero-order valence-corrected chi connectivity index (χ0v) is 19.2. The number of hydrogen-bond acceptors (Lipinski definition) is 6. The van der Waals surface area contributed by atoms with Crippen LogP contribution in [0.1, 0.15) is 36.8 Å². The van der Waals surface area contributed by atoms with Crippen LogP contribution in [0.3, 0.4) is 0 Å². The Hall–Kier alpha value is -2.65. The van der Waals surface area contributed by atoms with Gasteiger partial charge < -0.3 is 10.2 Å². The predicted molar refractivity (Wildman–Crippen MR) is 126 cm³/mol. The van der Waals surface area contributed by atoms with Crippen LogP contribution in [0, 0.1) is 0 Å². The average Bonchev–Trinajstić information content (AvgIpc) is 3.49. The molecule has 164 valence electrons. The van der Waals surface area contributed by atoms with E-state index >= 15 is 0 Å². The Morgan fingerprint density at radius 1 is 1.23 bits per heavy atom. The fourth-order valence-corrected chi connectivity index (χ4v) is 6.33. The number of carbonyl (C=O) groups is 1. The molecule has 3 heterocycles. The standard InChI is InChI=1S/C22H26N4O3S2/c1-3-25(4-2)17-9-7-16(8-10-17)23-22(27)19-14-20(21-6-5-12-30-21)26(24-19)18-11-13-31(28,29)15-18/h5-10,12,14,18H,3-4,11,13,15H2,1-2H3,(H,23,27). The molecule has 1 aliphatic rings. The highest BCUT2D eigenvalue weighted by Gasteiger charge is 2.32. The summed E-state index contributed by atoms with van der Waals surface area (Å²) in [4.78, 5) is 16.1. The number of thiophene rings is 1. The van der Waals surface area contributed by atoms with E-state index in [2.05, 4.69) is 29.2 Å². The van der Waals surface area contributed by atoms with Gasteiger partial charge in [0.2, 0.25) is 0 Å². The molecule has 1 amide bonds. The van der Waals surface area contributed by atoms with Gasteiger partial charge in [-0.05, 0) is 62.0 Å². The molecule has 1 saturated heterocycles. The van der Waals surface area contributed by atoms with Crippen molar-refractivity contribution < 1.29 is 13.2 Å². The number of aromatic nitrogens is 2. The second-order valence-electron chi connectivity index (χ2n) is 7.57. The molecular weight excluding hydrogens is 432 g/mol.